The first-order valence-electron chi connectivity index (χ1n) is 29.4. The van der Waals surface area contributed by atoms with Crippen molar-refractivity contribution in [2.75, 3.05) is 0 Å². The normalized spacial score (nSPS) is 26.2. The van der Waals surface area contributed by atoms with Crippen molar-refractivity contribution in [2.45, 2.75) is 145 Å². The first kappa shape index (κ1) is 54.5. The summed E-state index contributed by atoms with van der Waals surface area (Å²) in [5.41, 5.74) is 15.5. The second kappa shape index (κ2) is 22.2. The molecule has 80 heavy (non-hydrogen) atoms. The van der Waals surface area contributed by atoms with Gasteiger partial charge in [-0.1, -0.05) is 100.0 Å². The number of nitrogens with one attached hydrogen (secondary N) is 4. The highest BCUT2D eigenvalue weighted by molar-refractivity contribution is 6.04. The zero-order valence-corrected chi connectivity index (χ0v) is 48.0. The minimum atomic E-state index is -0.265. The second-order valence-corrected chi connectivity index (χ2v) is 24.7. The second-order valence-electron chi connectivity index (χ2n) is 24.7. The summed E-state index contributed by atoms with van der Waals surface area (Å²) in [6, 6.07) is 18.1. The van der Waals surface area contributed by atoms with Crippen LogP contribution in [0.5, 0.6) is 0 Å². The van der Waals surface area contributed by atoms with Crippen molar-refractivity contribution in [3.63, 3.8) is 0 Å². The van der Waals surface area contributed by atoms with Gasteiger partial charge in [0.15, 0.2) is 0 Å². The van der Waals surface area contributed by atoms with E-state index in [1.165, 1.54) is 24.0 Å². The van der Waals surface area contributed by atoms with E-state index in [0.29, 0.717) is 22.3 Å². The fourth-order valence-electron chi connectivity index (χ4n) is 15.1. The Morgan fingerprint density at radius 2 is 0.762 bits per heavy atom. The van der Waals surface area contributed by atoms with Crippen LogP contribution in [0.4, 0.5) is 0 Å². The van der Waals surface area contributed by atoms with Gasteiger partial charge in [-0.25, -0.2) is 0 Å². The van der Waals surface area contributed by atoms with E-state index in [1.807, 2.05) is 48.5 Å². The summed E-state index contributed by atoms with van der Waals surface area (Å²) in [6.07, 6.45) is 33.9. The standard InChI is InChI=1S/C70H78N6O4/c1-41-27-57-28-42(2)61(41)73-65(77)53-35-51(49-15-23-71-24-16-49)36-54(39-53)66(78)75-63-45(5)31-59(32-46(63)6)70(21-13-10-14-22-70)60-33-47(7)64(48(8)34-60)76-68(80)56-38-52(50-17-25-72-26-18-50)37-55(40-56)67(79)74-62-43(3)29-58(30-44(62)4)69(57)19-11-9-12-20-69/h15-18,23-29,31-33,35-41,45,58,60-61,63H,9-14,19-22,30,34H2,1-8H3,(H,73,77)(H,74,79)(H,75,78)(H,76,80). The Balaban J connectivity index is 0.992. The summed E-state index contributed by atoms with van der Waals surface area (Å²) >= 11 is 0. The Morgan fingerprint density at radius 3 is 1.10 bits per heavy atom. The van der Waals surface area contributed by atoms with Gasteiger partial charge in [0, 0.05) is 69.3 Å². The van der Waals surface area contributed by atoms with Crippen LogP contribution in [0.15, 0.2) is 178 Å². The van der Waals surface area contributed by atoms with Crippen LogP contribution in [0.25, 0.3) is 22.3 Å². The molecule has 412 valence electrons. The smallest absolute Gasteiger partial charge is 0.255 e. The number of hydrogen-bond donors (Lipinski definition) is 4. The summed E-state index contributed by atoms with van der Waals surface area (Å²) < 4.78 is 0. The van der Waals surface area contributed by atoms with Crippen molar-refractivity contribution in [2.24, 2.45) is 34.5 Å². The van der Waals surface area contributed by atoms with Crippen LogP contribution in [-0.4, -0.2) is 45.7 Å². The number of benzene rings is 2. The molecular formula is C70H78N6O4. The van der Waals surface area contributed by atoms with Crippen LogP contribution in [0, 0.1) is 34.5 Å². The number of allylic oxidation sites excluding steroid dienone is 10. The van der Waals surface area contributed by atoms with Crippen molar-refractivity contribution in [1.82, 2.24) is 31.2 Å². The van der Waals surface area contributed by atoms with Gasteiger partial charge in [-0.15, -0.1) is 0 Å². The van der Waals surface area contributed by atoms with Crippen LogP contribution < -0.4 is 21.3 Å². The number of pyridine rings is 2. The van der Waals surface area contributed by atoms with E-state index >= 15 is 0 Å². The molecule has 16 aliphatic rings. The molecular weight excluding hydrogens is 989 g/mol. The lowest BCUT2D eigenvalue weighted by Crippen LogP contribution is -2.44. The monoisotopic (exact) mass is 1070 g/mol. The summed E-state index contributed by atoms with van der Waals surface area (Å²) in [7, 11) is 0. The van der Waals surface area contributed by atoms with Crippen molar-refractivity contribution in [1.29, 1.82) is 0 Å². The molecule has 4 N–H and O–H groups in total. The summed E-state index contributed by atoms with van der Waals surface area (Å²) in [6.45, 7) is 17.2. The Labute approximate surface area is 473 Å². The van der Waals surface area contributed by atoms with Gasteiger partial charge in [0.25, 0.3) is 23.6 Å². The Kier molecular flexibility index (Phi) is 15.1. The average Bonchev–Trinajstić information content (AvgIpc) is 3.49. The first-order valence-corrected chi connectivity index (χ1v) is 29.4. The van der Waals surface area contributed by atoms with E-state index < -0.39 is 0 Å². The predicted octanol–water partition coefficient (Wildman–Crippen LogP) is 14.6. The van der Waals surface area contributed by atoms with E-state index in [2.05, 4.69) is 123 Å². The molecule has 4 amide bonds. The summed E-state index contributed by atoms with van der Waals surface area (Å²) in [5, 5.41) is 13.6. The van der Waals surface area contributed by atoms with Gasteiger partial charge >= 0.3 is 0 Å². The molecule has 10 aliphatic heterocycles. The molecule has 6 unspecified atom stereocenters. The van der Waals surface area contributed by atoms with Crippen LogP contribution in [-0.2, 0) is 0 Å². The quantitative estimate of drug-likeness (QED) is 0.157. The fraction of sp³-hybridized carbons (Fsp3) is 0.400. The van der Waals surface area contributed by atoms with Crippen molar-refractivity contribution < 1.29 is 19.2 Å². The largest absolute Gasteiger partial charge is 0.345 e. The highest BCUT2D eigenvalue weighted by Crippen LogP contribution is 2.56. The minimum absolute atomic E-state index is 0.00262. The SMILES string of the molecule is CC1=CC2CC(C)=C1NC(=O)c1cc(cc(-c3ccncc3)c1)C(=O)NC1=C(C)CC(C=C1C)C1(CCCCC1)C1=CC(C)C(NC(=O)c3cc(cc(-c4ccncc4)c3)C(=O)NC3C(C)=CC(=CC3C)C23CCCCC3)C(C)=C1. The lowest BCUT2D eigenvalue weighted by molar-refractivity contribution is 0.0929. The maximum absolute atomic E-state index is 14.8. The summed E-state index contributed by atoms with van der Waals surface area (Å²) in [4.78, 5) is 67.5. The van der Waals surface area contributed by atoms with Gasteiger partial charge < -0.3 is 21.3 Å². The Bertz CT molecular complexity index is 3250. The molecule has 6 aliphatic carbocycles. The van der Waals surface area contributed by atoms with Crippen LogP contribution in [0.2, 0.25) is 0 Å². The number of carbonyl (C=O) groups excluding carboxylic acids is 4. The Hall–Kier alpha value is -7.46. The Morgan fingerprint density at radius 1 is 0.425 bits per heavy atom. The molecule has 10 nitrogen and oxygen atoms in total. The van der Waals surface area contributed by atoms with Gasteiger partial charge in [-0.3, -0.25) is 29.1 Å². The molecule has 10 heteroatoms. The number of carbonyl (C=O) groups is 4. The van der Waals surface area contributed by atoms with Gasteiger partial charge in [-0.05, 0) is 220 Å². The topological polar surface area (TPSA) is 142 Å². The molecule has 0 radical (unpaired) electrons. The third-order valence-corrected chi connectivity index (χ3v) is 19.3. The van der Waals surface area contributed by atoms with Gasteiger partial charge in [0.1, 0.15) is 0 Å². The first-order chi connectivity index (χ1) is 38.5. The molecule has 4 aromatic rings. The highest BCUT2D eigenvalue weighted by Gasteiger charge is 2.46. The van der Waals surface area contributed by atoms with Crippen molar-refractivity contribution in [3.05, 3.63) is 200 Å². The van der Waals surface area contributed by atoms with Crippen LogP contribution in [0.3, 0.4) is 0 Å². The van der Waals surface area contributed by atoms with Gasteiger partial charge in [0.05, 0.1) is 12.1 Å². The maximum atomic E-state index is 14.8. The number of aromatic nitrogens is 2. The van der Waals surface area contributed by atoms with Crippen molar-refractivity contribution >= 4 is 23.6 Å². The van der Waals surface area contributed by atoms with E-state index in [1.54, 1.807) is 36.9 Å². The zero-order valence-electron chi connectivity index (χ0n) is 48.0. The lowest BCUT2D eigenvalue weighted by Gasteiger charge is -2.47. The number of hydrogen-bond acceptors (Lipinski definition) is 6. The van der Waals surface area contributed by atoms with E-state index in [-0.39, 0.29) is 70.2 Å². The van der Waals surface area contributed by atoms with Crippen LogP contribution in [0.1, 0.15) is 174 Å². The fourth-order valence-corrected chi connectivity index (χ4v) is 15.1. The zero-order chi connectivity index (χ0) is 56.0. The number of nitrogens with zero attached hydrogens (tertiary/aromatic N) is 2. The van der Waals surface area contributed by atoms with E-state index in [0.717, 1.165) is 131 Å². The molecule has 6 atom stereocenters. The molecule has 20 rings (SSSR count). The predicted molar refractivity (Wildman–Crippen MR) is 319 cm³/mol. The van der Waals surface area contributed by atoms with Crippen molar-refractivity contribution in [3.8, 4) is 22.3 Å². The molecule has 12 heterocycles. The molecule has 2 fully saturated rings. The molecule has 2 aromatic heterocycles. The molecule has 0 saturated heterocycles. The number of amides is 4. The molecule has 2 aromatic carbocycles. The lowest BCUT2D eigenvalue weighted by atomic mass is 9.57. The molecule has 2 spiro atoms. The molecule has 2 saturated carbocycles. The average molecular weight is 1070 g/mol. The van der Waals surface area contributed by atoms with Gasteiger partial charge in [-0.2, -0.15) is 0 Å². The summed E-state index contributed by atoms with van der Waals surface area (Å²) in [5.74, 6) is -0.591. The van der Waals surface area contributed by atoms with E-state index in [9.17, 15) is 19.2 Å². The molecule has 12 bridgehead atoms. The third kappa shape index (κ3) is 10.5. The van der Waals surface area contributed by atoms with Gasteiger partial charge in [0.2, 0.25) is 0 Å². The third-order valence-electron chi connectivity index (χ3n) is 19.3. The van der Waals surface area contributed by atoms with E-state index in [4.69, 9.17) is 0 Å². The highest BCUT2D eigenvalue weighted by atomic mass is 16.2. The maximum Gasteiger partial charge on any atom is 0.255 e. The number of rotatable bonds is 2. The van der Waals surface area contributed by atoms with Crippen LogP contribution >= 0.6 is 0 Å². The minimum Gasteiger partial charge on any atom is -0.345 e.